The third kappa shape index (κ3) is 2.76. The molecule has 1 aromatic carbocycles. The Morgan fingerprint density at radius 1 is 1.43 bits per heavy atom. The molecule has 0 atom stereocenters. The van der Waals surface area contributed by atoms with Crippen molar-refractivity contribution in [2.24, 2.45) is 0 Å². The molecule has 0 saturated carbocycles. The van der Waals surface area contributed by atoms with E-state index in [1.54, 1.807) is 0 Å². The summed E-state index contributed by atoms with van der Waals surface area (Å²) in [5.74, 6) is -0.833. The molecule has 3 nitrogen and oxygen atoms in total. The molecule has 14 heavy (non-hydrogen) atoms. The fourth-order valence-corrected chi connectivity index (χ4v) is 1.50. The van der Waals surface area contributed by atoms with Crippen LogP contribution in [0.25, 0.3) is 0 Å². The number of carboxylic acid groups (broad SMARTS) is 1. The second-order valence-electron chi connectivity index (χ2n) is 3.32. The summed E-state index contributed by atoms with van der Waals surface area (Å²) >= 11 is 0. The van der Waals surface area contributed by atoms with Crippen molar-refractivity contribution in [1.29, 1.82) is 0 Å². The molecule has 0 saturated heterocycles. The van der Waals surface area contributed by atoms with Crippen LogP contribution >= 0.6 is 0 Å². The number of fused-ring (bicyclic) bond motifs is 1. The Labute approximate surface area is 84.0 Å². The van der Waals surface area contributed by atoms with Crippen LogP contribution < -0.4 is 4.90 Å². The zero-order valence-corrected chi connectivity index (χ0v) is 8.53. The number of carboxylic acids is 1. The molecule has 1 aliphatic heterocycles. The minimum Gasteiger partial charge on any atom is -0.481 e. The van der Waals surface area contributed by atoms with E-state index in [1.165, 1.54) is 24.2 Å². The highest BCUT2D eigenvalue weighted by atomic mass is 16.4. The Bertz CT molecular complexity index is 319. The molecule has 0 aliphatic carbocycles. The molecule has 1 N–H and O–H groups in total. The van der Waals surface area contributed by atoms with Gasteiger partial charge in [0.25, 0.3) is 5.97 Å². The largest absolute Gasteiger partial charge is 0.481 e. The summed E-state index contributed by atoms with van der Waals surface area (Å²) in [6.45, 7) is 2.26. The van der Waals surface area contributed by atoms with E-state index >= 15 is 0 Å². The van der Waals surface area contributed by atoms with Crippen LogP contribution in [0, 0.1) is 0 Å². The summed E-state index contributed by atoms with van der Waals surface area (Å²) in [7, 11) is 2.14. The fraction of sp³-hybridized carbons (Fsp3) is 0.364. The Morgan fingerprint density at radius 2 is 2.00 bits per heavy atom. The van der Waals surface area contributed by atoms with Gasteiger partial charge in [0.15, 0.2) is 0 Å². The lowest BCUT2D eigenvalue weighted by Crippen LogP contribution is -2.12. The topological polar surface area (TPSA) is 40.5 Å². The van der Waals surface area contributed by atoms with Crippen LogP contribution in [0.5, 0.6) is 0 Å². The van der Waals surface area contributed by atoms with Gasteiger partial charge < -0.3 is 10.0 Å². The summed E-state index contributed by atoms with van der Waals surface area (Å²) < 4.78 is 0. The van der Waals surface area contributed by atoms with Gasteiger partial charge in [0, 0.05) is 26.2 Å². The van der Waals surface area contributed by atoms with E-state index in [4.69, 9.17) is 9.90 Å². The van der Waals surface area contributed by atoms with Gasteiger partial charge in [-0.1, -0.05) is 18.2 Å². The zero-order valence-electron chi connectivity index (χ0n) is 8.53. The summed E-state index contributed by atoms with van der Waals surface area (Å²) in [6, 6.07) is 8.60. The molecule has 76 valence electrons. The van der Waals surface area contributed by atoms with E-state index in [-0.39, 0.29) is 0 Å². The highest BCUT2D eigenvalue weighted by Gasteiger charge is 2.12. The van der Waals surface area contributed by atoms with Crippen molar-refractivity contribution in [3.05, 3.63) is 29.8 Å². The maximum Gasteiger partial charge on any atom is 0.300 e. The Kier molecular flexibility index (Phi) is 3.51. The van der Waals surface area contributed by atoms with E-state index in [0.29, 0.717) is 0 Å². The first kappa shape index (κ1) is 10.6. The maximum atomic E-state index is 9.00. The number of aliphatic carboxylic acids is 1. The van der Waals surface area contributed by atoms with Gasteiger partial charge in [0.05, 0.1) is 0 Å². The molecule has 2 rings (SSSR count). The number of anilines is 1. The second kappa shape index (κ2) is 4.65. The van der Waals surface area contributed by atoms with Crippen LogP contribution in [0.1, 0.15) is 12.5 Å². The third-order valence-electron chi connectivity index (χ3n) is 2.12. The predicted octanol–water partition coefficient (Wildman–Crippen LogP) is 1.77. The standard InChI is InChI=1S/C9H11N.C2H4O2/c1-10-7-6-8-4-2-3-5-9(8)10;1-2(3)4/h2-5H,6-7H2,1H3;1H3,(H,3,4). The van der Waals surface area contributed by atoms with E-state index < -0.39 is 5.97 Å². The summed E-state index contributed by atoms with van der Waals surface area (Å²) in [4.78, 5) is 11.3. The minimum absolute atomic E-state index is 0.833. The Balaban J connectivity index is 0.000000213. The molecule has 1 heterocycles. The number of hydrogen-bond acceptors (Lipinski definition) is 2. The Morgan fingerprint density at radius 3 is 2.57 bits per heavy atom. The number of para-hydroxylation sites is 1. The van der Waals surface area contributed by atoms with Crippen LogP contribution in [-0.4, -0.2) is 24.7 Å². The van der Waals surface area contributed by atoms with Crippen molar-refractivity contribution in [3.63, 3.8) is 0 Å². The second-order valence-corrected chi connectivity index (χ2v) is 3.32. The van der Waals surface area contributed by atoms with Gasteiger partial charge in [-0.05, 0) is 18.1 Å². The van der Waals surface area contributed by atoms with Crippen LogP contribution in [0.4, 0.5) is 5.69 Å². The molecule has 0 amide bonds. The summed E-state index contributed by atoms with van der Waals surface area (Å²) in [5.41, 5.74) is 2.90. The number of rotatable bonds is 0. The van der Waals surface area contributed by atoms with Gasteiger partial charge in [-0.15, -0.1) is 0 Å². The minimum atomic E-state index is -0.833. The molecular formula is C11H15NO2. The van der Waals surface area contributed by atoms with Gasteiger partial charge >= 0.3 is 0 Å². The van der Waals surface area contributed by atoms with Crippen molar-refractivity contribution in [2.45, 2.75) is 13.3 Å². The first-order valence-corrected chi connectivity index (χ1v) is 4.60. The van der Waals surface area contributed by atoms with Gasteiger partial charge in [-0.3, -0.25) is 4.79 Å². The lowest BCUT2D eigenvalue weighted by Gasteiger charge is -2.10. The number of benzene rings is 1. The highest BCUT2D eigenvalue weighted by molar-refractivity contribution is 5.63. The number of nitrogens with zero attached hydrogens (tertiary/aromatic N) is 1. The van der Waals surface area contributed by atoms with Crippen molar-refractivity contribution < 1.29 is 9.90 Å². The molecule has 1 aliphatic rings. The normalized spacial score (nSPS) is 12.9. The third-order valence-corrected chi connectivity index (χ3v) is 2.12. The monoisotopic (exact) mass is 193 g/mol. The average molecular weight is 193 g/mol. The SMILES string of the molecule is CC(=O)O.CN1CCc2ccccc21. The van der Waals surface area contributed by atoms with Crippen molar-refractivity contribution in [2.75, 3.05) is 18.5 Å². The average Bonchev–Trinajstić information content (AvgIpc) is 2.48. The zero-order chi connectivity index (χ0) is 10.6. The van der Waals surface area contributed by atoms with Crippen LogP contribution in [0.2, 0.25) is 0 Å². The van der Waals surface area contributed by atoms with Crippen molar-refractivity contribution in [3.8, 4) is 0 Å². The number of carbonyl (C=O) groups is 1. The quantitative estimate of drug-likeness (QED) is 0.682. The first-order valence-electron chi connectivity index (χ1n) is 4.60. The van der Waals surface area contributed by atoms with Gasteiger partial charge in [-0.2, -0.15) is 0 Å². The van der Waals surface area contributed by atoms with Crippen LogP contribution in [0.3, 0.4) is 0 Å². The van der Waals surface area contributed by atoms with Crippen molar-refractivity contribution >= 4 is 11.7 Å². The summed E-state index contributed by atoms with van der Waals surface area (Å²) in [5, 5.41) is 7.42. The lowest BCUT2D eigenvalue weighted by molar-refractivity contribution is -0.134. The molecule has 0 bridgehead atoms. The van der Waals surface area contributed by atoms with E-state index in [9.17, 15) is 0 Å². The van der Waals surface area contributed by atoms with E-state index in [2.05, 4.69) is 36.2 Å². The molecule has 1 aromatic rings. The number of likely N-dealkylation sites (N-methyl/N-ethyl adjacent to an activating group) is 1. The molecule has 0 radical (unpaired) electrons. The van der Waals surface area contributed by atoms with Crippen LogP contribution in [-0.2, 0) is 11.2 Å². The Hall–Kier alpha value is -1.51. The van der Waals surface area contributed by atoms with E-state index in [1.807, 2.05) is 0 Å². The van der Waals surface area contributed by atoms with Gasteiger partial charge in [0.1, 0.15) is 0 Å². The lowest BCUT2D eigenvalue weighted by atomic mass is 10.2. The molecule has 3 heteroatoms. The fourth-order valence-electron chi connectivity index (χ4n) is 1.50. The molecular weight excluding hydrogens is 178 g/mol. The smallest absolute Gasteiger partial charge is 0.300 e. The first-order chi connectivity index (χ1) is 6.61. The molecule has 0 aromatic heterocycles. The highest BCUT2D eigenvalue weighted by Crippen LogP contribution is 2.25. The van der Waals surface area contributed by atoms with Gasteiger partial charge in [-0.25, -0.2) is 0 Å². The molecule has 0 unspecified atom stereocenters. The summed E-state index contributed by atoms with van der Waals surface area (Å²) in [6.07, 6.45) is 1.21. The number of hydrogen-bond donors (Lipinski definition) is 1. The van der Waals surface area contributed by atoms with Gasteiger partial charge in [0.2, 0.25) is 0 Å². The van der Waals surface area contributed by atoms with E-state index in [0.717, 1.165) is 6.92 Å². The predicted molar refractivity (Wildman–Crippen MR) is 56.7 cm³/mol. The molecule has 0 fully saturated rings. The maximum absolute atomic E-state index is 9.00. The molecule has 0 spiro atoms. The van der Waals surface area contributed by atoms with Crippen molar-refractivity contribution in [1.82, 2.24) is 0 Å². The van der Waals surface area contributed by atoms with Crippen LogP contribution in [0.15, 0.2) is 24.3 Å².